The summed E-state index contributed by atoms with van der Waals surface area (Å²) in [5.41, 5.74) is 8.66. The van der Waals surface area contributed by atoms with Crippen LogP contribution in [0.5, 0.6) is 0 Å². The van der Waals surface area contributed by atoms with Gasteiger partial charge in [0.15, 0.2) is 0 Å². The second-order valence-electron chi connectivity index (χ2n) is 4.01. The molecule has 1 nitrogen and oxygen atoms in total. The molecular weight excluding hydrogens is 206 g/mol. The van der Waals surface area contributed by atoms with Crippen molar-refractivity contribution in [3.63, 3.8) is 0 Å². The zero-order chi connectivity index (χ0) is 10.4. The summed E-state index contributed by atoms with van der Waals surface area (Å²) in [6.07, 6.45) is 4.91. The van der Waals surface area contributed by atoms with Gasteiger partial charge >= 0.3 is 0 Å². The van der Waals surface area contributed by atoms with E-state index in [0.717, 1.165) is 6.42 Å². The Hall–Kier alpha value is -0.530. The standard InChI is InChI=1S/C13H21N.ClH/c1-3-4-5-6-13(14)12-9-7-11(2)8-10-12;/h7-10,13H,3-6,14H2,1-2H3;1H/t13-;/m0./s1. The summed E-state index contributed by atoms with van der Waals surface area (Å²) in [5, 5.41) is 0. The highest BCUT2D eigenvalue weighted by molar-refractivity contribution is 5.85. The van der Waals surface area contributed by atoms with Gasteiger partial charge in [-0.05, 0) is 18.9 Å². The maximum Gasteiger partial charge on any atom is 0.0294 e. The van der Waals surface area contributed by atoms with Crippen LogP contribution in [0.15, 0.2) is 24.3 Å². The fourth-order valence-electron chi connectivity index (χ4n) is 1.59. The molecule has 0 bridgehead atoms. The summed E-state index contributed by atoms with van der Waals surface area (Å²) in [4.78, 5) is 0. The molecule has 0 amide bonds. The molecule has 0 aliphatic heterocycles. The molecule has 0 aromatic heterocycles. The molecule has 0 spiro atoms. The Labute approximate surface area is 99.5 Å². The van der Waals surface area contributed by atoms with E-state index in [9.17, 15) is 0 Å². The average Bonchev–Trinajstić information content (AvgIpc) is 2.19. The lowest BCUT2D eigenvalue weighted by molar-refractivity contribution is 0.581. The third kappa shape index (κ3) is 5.19. The van der Waals surface area contributed by atoms with Gasteiger partial charge in [0.2, 0.25) is 0 Å². The van der Waals surface area contributed by atoms with Gasteiger partial charge in [-0.15, -0.1) is 12.4 Å². The van der Waals surface area contributed by atoms with Crippen LogP contribution in [-0.4, -0.2) is 0 Å². The van der Waals surface area contributed by atoms with Crippen molar-refractivity contribution in [1.82, 2.24) is 0 Å². The van der Waals surface area contributed by atoms with E-state index in [1.54, 1.807) is 0 Å². The van der Waals surface area contributed by atoms with Gasteiger partial charge in [-0.3, -0.25) is 0 Å². The lowest BCUT2D eigenvalue weighted by atomic mass is 10.0. The molecule has 1 aromatic rings. The first kappa shape index (κ1) is 14.5. The summed E-state index contributed by atoms with van der Waals surface area (Å²) in [6.45, 7) is 4.32. The van der Waals surface area contributed by atoms with Crippen LogP contribution in [0.1, 0.15) is 49.8 Å². The second-order valence-corrected chi connectivity index (χ2v) is 4.01. The number of benzene rings is 1. The third-order valence-corrected chi connectivity index (χ3v) is 2.62. The zero-order valence-electron chi connectivity index (χ0n) is 9.70. The number of aryl methyl sites for hydroxylation is 1. The van der Waals surface area contributed by atoms with Crippen molar-refractivity contribution in [2.75, 3.05) is 0 Å². The fourth-order valence-corrected chi connectivity index (χ4v) is 1.59. The molecule has 0 saturated heterocycles. The molecule has 0 aliphatic rings. The second kappa shape index (κ2) is 7.72. The highest BCUT2D eigenvalue weighted by atomic mass is 35.5. The minimum Gasteiger partial charge on any atom is -0.324 e. The predicted molar refractivity (Wildman–Crippen MR) is 69.5 cm³/mol. The normalized spacial score (nSPS) is 11.9. The van der Waals surface area contributed by atoms with E-state index in [2.05, 4.69) is 38.1 Å². The van der Waals surface area contributed by atoms with Gasteiger partial charge in [-0.25, -0.2) is 0 Å². The van der Waals surface area contributed by atoms with Crippen LogP contribution in [0, 0.1) is 6.92 Å². The minimum absolute atomic E-state index is 0. The lowest BCUT2D eigenvalue weighted by Gasteiger charge is -2.11. The molecule has 2 N–H and O–H groups in total. The van der Waals surface area contributed by atoms with E-state index in [0.29, 0.717) is 0 Å². The number of nitrogens with two attached hydrogens (primary N) is 1. The van der Waals surface area contributed by atoms with Crippen LogP contribution in [0.4, 0.5) is 0 Å². The molecular formula is C13H22ClN. The molecule has 15 heavy (non-hydrogen) atoms. The Morgan fingerprint density at radius 2 is 1.73 bits per heavy atom. The van der Waals surface area contributed by atoms with Crippen molar-refractivity contribution in [2.45, 2.75) is 45.6 Å². The molecule has 1 aromatic carbocycles. The molecule has 0 fully saturated rings. The van der Waals surface area contributed by atoms with E-state index in [1.165, 1.54) is 30.4 Å². The topological polar surface area (TPSA) is 26.0 Å². The minimum atomic E-state index is 0. The predicted octanol–water partition coefficient (Wildman–Crippen LogP) is 4.00. The first-order valence-corrected chi connectivity index (χ1v) is 5.56. The van der Waals surface area contributed by atoms with Crippen molar-refractivity contribution in [2.24, 2.45) is 5.73 Å². The quantitative estimate of drug-likeness (QED) is 0.757. The van der Waals surface area contributed by atoms with Gasteiger partial charge in [0.1, 0.15) is 0 Å². The van der Waals surface area contributed by atoms with Crippen LogP contribution in [0.2, 0.25) is 0 Å². The van der Waals surface area contributed by atoms with E-state index >= 15 is 0 Å². The Balaban J connectivity index is 0.00000196. The van der Waals surface area contributed by atoms with Gasteiger partial charge in [-0.2, -0.15) is 0 Å². The summed E-state index contributed by atoms with van der Waals surface area (Å²) in [5.74, 6) is 0. The molecule has 0 aliphatic carbocycles. The van der Waals surface area contributed by atoms with Crippen LogP contribution in [0.25, 0.3) is 0 Å². The monoisotopic (exact) mass is 227 g/mol. The smallest absolute Gasteiger partial charge is 0.0294 e. The van der Waals surface area contributed by atoms with Crippen molar-refractivity contribution in [3.8, 4) is 0 Å². The summed E-state index contributed by atoms with van der Waals surface area (Å²) >= 11 is 0. The highest BCUT2D eigenvalue weighted by Crippen LogP contribution is 2.17. The van der Waals surface area contributed by atoms with Crippen LogP contribution < -0.4 is 5.73 Å². The number of rotatable bonds is 5. The summed E-state index contributed by atoms with van der Waals surface area (Å²) in [6, 6.07) is 8.78. The third-order valence-electron chi connectivity index (χ3n) is 2.62. The van der Waals surface area contributed by atoms with Crippen LogP contribution in [-0.2, 0) is 0 Å². The van der Waals surface area contributed by atoms with Crippen molar-refractivity contribution >= 4 is 12.4 Å². The van der Waals surface area contributed by atoms with Crippen molar-refractivity contribution < 1.29 is 0 Å². The van der Waals surface area contributed by atoms with Gasteiger partial charge in [-0.1, -0.05) is 56.0 Å². The van der Waals surface area contributed by atoms with Crippen molar-refractivity contribution in [1.29, 1.82) is 0 Å². The number of unbranched alkanes of at least 4 members (excludes halogenated alkanes) is 2. The van der Waals surface area contributed by atoms with Crippen LogP contribution in [0.3, 0.4) is 0 Å². The lowest BCUT2D eigenvalue weighted by Crippen LogP contribution is -2.09. The summed E-state index contributed by atoms with van der Waals surface area (Å²) < 4.78 is 0. The zero-order valence-corrected chi connectivity index (χ0v) is 10.5. The van der Waals surface area contributed by atoms with Crippen LogP contribution >= 0.6 is 12.4 Å². The maximum atomic E-state index is 6.09. The Bertz CT molecular complexity index is 256. The maximum absolute atomic E-state index is 6.09. The van der Waals surface area contributed by atoms with Gasteiger partial charge < -0.3 is 5.73 Å². The van der Waals surface area contributed by atoms with Crippen molar-refractivity contribution in [3.05, 3.63) is 35.4 Å². The van der Waals surface area contributed by atoms with Gasteiger partial charge in [0, 0.05) is 6.04 Å². The van der Waals surface area contributed by atoms with E-state index in [4.69, 9.17) is 5.73 Å². The number of hydrogen-bond acceptors (Lipinski definition) is 1. The van der Waals surface area contributed by atoms with Gasteiger partial charge in [0.25, 0.3) is 0 Å². The van der Waals surface area contributed by atoms with Gasteiger partial charge in [0.05, 0.1) is 0 Å². The number of halogens is 1. The molecule has 86 valence electrons. The van der Waals surface area contributed by atoms with E-state index in [-0.39, 0.29) is 18.4 Å². The van der Waals surface area contributed by atoms with E-state index in [1.807, 2.05) is 0 Å². The molecule has 1 atom stereocenters. The molecule has 0 saturated carbocycles. The molecule has 0 radical (unpaired) electrons. The Morgan fingerprint density at radius 1 is 1.13 bits per heavy atom. The SMILES string of the molecule is CCCCC[C@H](N)c1ccc(C)cc1.Cl. The largest absolute Gasteiger partial charge is 0.324 e. The van der Waals surface area contributed by atoms with E-state index < -0.39 is 0 Å². The molecule has 0 heterocycles. The Morgan fingerprint density at radius 3 is 2.27 bits per heavy atom. The molecule has 0 unspecified atom stereocenters. The molecule has 2 heteroatoms. The molecule has 1 rings (SSSR count). The Kier molecular flexibility index (Phi) is 7.45. The average molecular weight is 228 g/mol. The number of hydrogen-bond donors (Lipinski definition) is 1. The first-order valence-electron chi connectivity index (χ1n) is 5.56. The highest BCUT2D eigenvalue weighted by Gasteiger charge is 2.04. The summed E-state index contributed by atoms with van der Waals surface area (Å²) in [7, 11) is 0. The first-order chi connectivity index (χ1) is 6.74. The fraction of sp³-hybridized carbons (Fsp3) is 0.538.